The van der Waals surface area contributed by atoms with Crippen LogP contribution in [0.1, 0.15) is 11.1 Å². The van der Waals surface area contributed by atoms with Gasteiger partial charge in [-0.1, -0.05) is 85.3 Å². The first-order valence-electron chi connectivity index (χ1n) is 5.64. The van der Waals surface area contributed by atoms with Gasteiger partial charge in [0.25, 0.3) is 0 Å². The second-order valence-electron chi connectivity index (χ2n) is 4.19. The number of hydrogen-bond acceptors (Lipinski definition) is 2. The van der Waals surface area contributed by atoms with Crippen molar-refractivity contribution in [1.29, 1.82) is 0 Å². The molecular formula is C14H10Br4S2. The van der Waals surface area contributed by atoms with E-state index in [-0.39, 0.29) is 0 Å². The highest BCUT2D eigenvalue weighted by Crippen LogP contribution is 2.42. The molecule has 0 radical (unpaired) electrons. The average molecular weight is 562 g/mol. The molecule has 0 spiro atoms. The van der Waals surface area contributed by atoms with Gasteiger partial charge in [0.05, 0.1) is 0 Å². The van der Waals surface area contributed by atoms with Crippen molar-refractivity contribution in [1.82, 2.24) is 0 Å². The first-order chi connectivity index (χ1) is 9.38. The minimum atomic E-state index is 1.13. The molecule has 0 bridgehead atoms. The van der Waals surface area contributed by atoms with Crippen molar-refractivity contribution in [3.05, 3.63) is 53.3 Å². The van der Waals surface area contributed by atoms with E-state index in [0.29, 0.717) is 0 Å². The van der Waals surface area contributed by atoms with Crippen LogP contribution in [0.2, 0.25) is 0 Å². The molecule has 2 aromatic carbocycles. The van der Waals surface area contributed by atoms with Gasteiger partial charge in [-0.2, -0.15) is 0 Å². The minimum Gasteiger partial charge on any atom is -0.0525 e. The highest BCUT2D eigenvalue weighted by Gasteiger charge is 2.07. The van der Waals surface area contributed by atoms with Crippen LogP contribution in [0.4, 0.5) is 0 Å². The number of rotatable bonds is 3. The molecule has 0 aliphatic rings. The topological polar surface area (TPSA) is 0 Å². The highest BCUT2D eigenvalue weighted by atomic mass is 79.9. The standard InChI is InChI=1S/C14H10Br4S2/c1-7-11(15)3-9(4-12(7)16)19-20-10-5-13(17)8(2)14(18)6-10/h3-6H,1-2H3. The van der Waals surface area contributed by atoms with Gasteiger partial charge in [0.1, 0.15) is 0 Å². The van der Waals surface area contributed by atoms with E-state index in [4.69, 9.17) is 0 Å². The maximum atomic E-state index is 3.59. The van der Waals surface area contributed by atoms with Gasteiger partial charge in [-0.3, -0.25) is 0 Å². The van der Waals surface area contributed by atoms with Gasteiger partial charge in [-0.15, -0.1) is 0 Å². The van der Waals surface area contributed by atoms with Crippen molar-refractivity contribution in [2.75, 3.05) is 0 Å². The minimum absolute atomic E-state index is 1.13. The first-order valence-corrected chi connectivity index (χ1v) is 11.0. The van der Waals surface area contributed by atoms with Gasteiger partial charge < -0.3 is 0 Å². The van der Waals surface area contributed by atoms with E-state index in [1.54, 1.807) is 21.6 Å². The van der Waals surface area contributed by atoms with Crippen LogP contribution in [-0.2, 0) is 0 Å². The van der Waals surface area contributed by atoms with Crippen LogP contribution in [0, 0.1) is 13.8 Å². The van der Waals surface area contributed by atoms with Crippen LogP contribution in [0.5, 0.6) is 0 Å². The molecule has 6 heteroatoms. The van der Waals surface area contributed by atoms with E-state index >= 15 is 0 Å². The molecule has 0 unspecified atom stereocenters. The third kappa shape index (κ3) is 4.29. The summed E-state index contributed by atoms with van der Waals surface area (Å²) in [5.74, 6) is 0. The van der Waals surface area contributed by atoms with Crippen LogP contribution < -0.4 is 0 Å². The van der Waals surface area contributed by atoms with Crippen LogP contribution >= 0.6 is 85.3 Å². The fourth-order valence-electron chi connectivity index (χ4n) is 1.44. The van der Waals surface area contributed by atoms with Gasteiger partial charge in [0.2, 0.25) is 0 Å². The predicted molar refractivity (Wildman–Crippen MR) is 105 cm³/mol. The number of hydrogen-bond donors (Lipinski definition) is 0. The lowest BCUT2D eigenvalue weighted by atomic mass is 10.2. The third-order valence-electron chi connectivity index (χ3n) is 2.74. The summed E-state index contributed by atoms with van der Waals surface area (Å²) in [5, 5.41) is 0. The molecule has 0 amide bonds. The Labute approximate surface area is 160 Å². The third-order valence-corrected chi connectivity index (χ3v) is 8.38. The van der Waals surface area contributed by atoms with Crippen molar-refractivity contribution < 1.29 is 0 Å². The smallest absolute Gasteiger partial charge is 0.0227 e. The van der Waals surface area contributed by atoms with Crippen molar-refractivity contribution in [3.8, 4) is 0 Å². The zero-order valence-corrected chi connectivity index (χ0v) is 18.6. The quantitative estimate of drug-likeness (QED) is 0.347. The lowest BCUT2D eigenvalue weighted by molar-refractivity contribution is 1.31. The molecule has 2 aromatic rings. The molecule has 0 nitrogen and oxygen atoms in total. The summed E-state index contributed by atoms with van der Waals surface area (Å²) < 4.78 is 4.50. The maximum absolute atomic E-state index is 3.59. The molecule has 2 rings (SSSR count). The van der Waals surface area contributed by atoms with E-state index in [1.807, 2.05) is 0 Å². The Balaban J connectivity index is 2.17. The maximum Gasteiger partial charge on any atom is 0.0227 e. The zero-order valence-electron chi connectivity index (χ0n) is 10.6. The van der Waals surface area contributed by atoms with Gasteiger partial charge in [-0.25, -0.2) is 0 Å². The molecule has 0 N–H and O–H groups in total. The van der Waals surface area contributed by atoms with Crippen LogP contribution in [0.15, 0.2) is 51.9 Å². The van der Waals surface area contributed by atoms with Crippen molar-refractivity contribution >= 4 is 85.3 Å². The number of benzene rings is 2. The van der Waals surface area contributed by atoms with Crippen molar-refractivity contribution in [2.24, 2.45) is 0 Å². The summed E-state index contributed by atoms with van der Waals surface area (Å²) in [5.41, 5.74) is 2.44. The lowest BCUT2D eigenvalue weighted by Gasteiger charge is -2.08. The zero-order chi connectivity index (χ0) is 14.9. The molecule has 0 saturated heterocycles. The molecule has 106 valence electrons. The Morgan fingerprint density at radius 1 is 0.600 bits per heavy atom. The Bertz CT molecular complexity index is 552. The van der Waals surface area contributed by atoms with Crippen molar-refractivity contribution in [3.63, 3.8) is 0 Å². The Morgan fingerprint density at radius 3 is 1.10 bits per heavy atom. The SMILES string of the molecule is Cc1c(Br)cc(SSc2cc(Br)c(C)c(Br)c2)cc1Br. The number of halogens is 4. The summed E-state index contributed by atoms with van der Waals surface area (Å²) in [6, 6.07) is 8.60. The van der Waals surface area contributed by atoms with Crippen molar-refractivity contribution in [2.45, 2.75) is 23.6 Å². The highest BCUT2D eigenvalue weighted by molar-refractivity contribution is 9.11. The van der Waals surface area contributed by atoms with Gasteiger partial charge in [0.15, 0.2) is 0 Å². The molecule has 0 atom stereocenters. The molecule has 20 heavy (non-hydrogen) atoms. The molecular weight excluding hydrogens is 552 g/mol. The van der Waals surface area contributed by atoms with Gasteiger partial charge in [0, 0.05) is 27.7 Å². The van der Waals surface area contributed by atoms with E-state index in [9.17, 15) is 0 Å². The molecule has 0 heterocycles. The molecule has 0 aliphatic heterocycles. The van der Waals surface area contributed by atoms with E-state index in [0.717, 1.165) is 17.9 Å². The Hall–Kier alpha value is 1.06. The fraction of sp³-hybridized carbons (Fsp3) is 0.143. The second kappa shape index (κ2) is 7.55. The van der Waals surface area contributed by atoms with E-state index in [1.165, 1.54) is 20.9 Å². The fourth-order valence-corrected chi connectivity index (χ4v) is 6.43. The van der Waals surface area contributed by atoms with Gasteiger partial charge >= 0.3 is 0 Å². The summed E-state index contributed by atoms with van der Waals surface area (Å²) in [4.78, 5) is 2.43. The second-order valence-corrected chi connectivity index (χ2v) is 9.88. The first kappa shape index (κ1) is 17.4. The van der Waals surface area contributed by atoms with Gasteiger partial charge in [-0.05, 0) is 49.2 Å². The molecule has 0 aromatic heterocycles. The average Bonchev–Trinajstić information content (AvgIpc) is 2.39. The summed E-state index contributed by atoms with van der Waals surface area (Å²) in [6.07, 6.45) is 0. The van der Waals surface area contributed by atoms with Crippen LogP contribution in [0.25, 0.3) is 0 Å². The largest absolute Gasteiger partial charge is 0.0525 e. The van der Waals surface area contributed by atoms with Crippen LogP contribution in [0.3, 0.4) is 0 Å². The van der Waals surface area contributed by atoms with E-state index < -0.39 is 0 Å². The monoisotopic (exact) mass is 558 g/mol. The Morgan fingerprint density at radius 2 is 0.850 bits per heavy atom. The molecule has 0 aliphatic carbocycles. The molecule has 0 saturated carbocycles. The summed E-state index contributed by atoms with van der Waals surface area (Å²) >= 11 is 14.4. The Kier molecular flexibility index (Phi) is 6.58. The van der Waals surface area contributed by atoms with E-state index in [2.05, 4.69) is 102 Å². The normalized spacial score (nSPS) is 10.9. The molecule has 0 fully saturated rings. The lowest BCUT2D eigenvalue weighted by Crippen LogP contribution is -1.81. The summed E-state index contributed by atoms with van der Waals surface area (Å²) in [6.45, 7) is 4.17. The summed E-state index contributed by atoms with van der Waals surface area (Å²) in [7, 11) is 3.50. The van der Waals surface area contributed by atoms with Crippen LogP contribution in [-0.4, -0.2) is 0 Å². The predicted octanol–water partition coefficient (Wildman–Crippen LogP) is 8.15.